The molecule has 3 rings (SSSR count). The first-order chi connectivity index (χ1) is 19.1. The Morgan fingerprint density at radius 1 is 1.05 bits per heavy atom. The van der Waals surface area contributed by atoms with E-state index in [0.29, 0.717) is 30.6 Å². The SMILES string of the molecule is CS/C(=N\c1ccc(C)cc1)N(C)C1CCN(CCCCOc2ccc(F)c(F)c2)CC1.O=C(O)/C=C/C(=O)O. The third kappa shape index (κ3) is 12.2. The van der Waals surface area contributed by atoms with E-state index in [0.717, 1.165) is 68.3 Å². The molecule has 1 aliphatic heterocycles. The van der Waals surface area contributed by atoms with Gasteiger partial charge in [0.15, 0.2) is 16.8 Å². The molecule has 0 aromatic heterocycles. The minimum absolute atomic E-state index is 0.379. The summed E-state index contributed by atoms with van der Waals surface area (Å²) in [6.07, 6.45) is 7.35. The van der Waals surface area contributed by atoms with E-state index in [1.54, 1.807) is 11.8 Å². The van der Waals surface area contributed by atoms with Crippen molar-refractivity contribution in [3.8, 4) is 5.75 Å². The van der Waals surface area contributed by atoms with Crippen molar-refractivity contribution in [3.05, 3.63) is 71.8 Å². The Bertz CT molecular complexity index is 1140. The molecule has 0 unspecified atom stereocenters. The van der Waals surface area contributed by atoms with E-state index in [1.807, 2.05) is 0 Å². The molecule has 1 aliphatic rings. The Kier molecular flexibility index (Phi) is 14.2. The summed E-state index contributed by atoms with van der Waals surface area (Å²) in [6, 6.07) is 12.5. The molecule has 0 saturated carbocycles. The van der Waals surface area contributed by atoms with Crippen molar-refractivity contribution < 1.29 is 33.3 Å². The van der Waals surface area contributed by atoms with Gasteiger partial charge in [0, 0.05) is 44.4 Å². The molecule has 8 nitrogen and oxygen atoms in total. The molecule has 1 fully saturated rings. The van der Waals surface area contributed by atoms with E-state index in [9.17, 15) is 18.4 Å². The van der Waals surface area contributed by atoms with Crippen LogP contribution in [-0.2, 0) is 9.59 Å². The van der Waals surface area contributed by atoms with Crippen molar-refractivity contribution in [1.82, 2.24) is 9.80 Å². The van der Waals surface area contributed by atoms with Crippen LogP contribution in [0, 0.1) is 18.6 Å². The number of carboxylic acid groups (broad SMARTS) is 2. The zero-order valence-corrected chi connectivity index (χ0v) is 23.9. The summed E-state index contributed by atoms with van der Waals surface area (Å²) >= 11 is 1.69. The Morgan fingerprint density at radius 3 is 2.23 bits per heavy atom. The second-order valence-corrected chi connectivity index (χ2v) is 10.0. The molecule has 0 amide bonds. The number of aryl methyl sites for hydroxylation is 1. The molecule has 218 valence electrons. The van der Waals surface area contributed by atoms with Crippen LogP contribution in [0.4, 0.5) is 14.5 Å². The van der Waals surface area contributed by atoms with Crippen LogP contribution in [0.5, 0.6) is 5.75 Å². The number of unbranched alkanes of at least 4 members (excludes halogenated alkanes) is 1. The van der Waals surface area contributed by atoms with Crippen LogP contribution < -0.4 is 4.74 Å². The van der Waals surface area contributed by atoms with Gasteiger partial charge in [0.25, 0.3) is 0 Å². The van der Waals surface area contributed by atoms with Crippen molar-refractivity contribution in [2.24, 2.45) is 4.99 Å². The summed E-state index contributed by atoms with van der Waals surface area (Å²) in [5, 5.41) is 16.7. The fourth-order valence-corrected chi connectivity index (χ4v) is 4.66. The lowest BCUT2D eigenvalue weighted by Crippen LogP contribution is -2.45. The number of piperidine rings is 1. The van der Waals surface area contributed by atoms with Gasteiger partial charge in [-0.25, -0.2) is 23.4 Å². The number of halogens is 2. The number of hydrogen-bond acceptors (Lipinski definition) is 6. The second-order valence-electron chi connectivity index (χ2n) is 9.26. The molecule has 0 spiro atoms. The summed E-state index contributed by atoms with van der Waals surface area (Å²) in [5.74, 6) is -3.86. The van der Waals surface area contributed by atoms with Gasteiger partial charge in [0.05, 0.1) is 12.3 Å². The monoisotopic (exact) mass is 577 g/mol. The van der Waals surface area contributed by atoms with Crippen LogP contribution >= 0.6 is 11.8 Å². The van der Waals surface area contributed by atoms with Gasteiger partial charge in [-0.3, -0.25) is 0 Å². The number of rotatable bonds is 10. The van der Waals surface area contributed by atoms with Gasteiger partial charge in [-0.1, -0.05) is 29.5 Å². The number of carboxylic acids is 2. The summed E-state index contributed by atoms with van der Waals surface area (Å²) in [6.45, 7) is 5.78. The van der Waals surface area contributed by atoms with Crippen LogP contribution in [-0.4, -0.2) is 82.7 Å². The molecular formula is C29H37F2N3O5S. The third-order valence-corrected chi connectivity index (χ3v) is 6.99. The minimum Gasteiger partial charge on any atom is -0.493 e. The highest BCUT2D eigenvalue weighted by Gasteiger charge is 2.24. The average molecular weight is 578 g/mol. The number of carbonyl (C=O) groups is 2. The van der Waals surface area contributed by atoms with E-state index in [-0.39, 0.29) is 0 Å². The van der Waals surface area contributed by atoms with Crippen LogP contribution in [0.2, 0.25) is 0 Å². The maximum absolute atomic E-state index is 13.2. The van der Waals surface area contributed by atoms with Gasteiger partial charge in [-0.15, -0.1) is 0 Å². The molecule has 1 saturated heterocycles. The Hall–Kier alpha value is -3.44. The van der Waals surface area contributed by atoms with Gasteiger partial charge in [0.2, 0.25) is 0 Å². The Balaban J connectivity index is 0.000000611. The van der Waals surface area contributed by atoms with Crippen molar-refractivity contribution >= 4 is 34.6 Å². The number of likely N-dealkylation sites (tertiary alicyclic amines) is 1. The fourth-order valence-electron chi connectivity index (χ4n) is 4.02. The smallest absolute Gasteiger partial charge is 0.328 e. The summed E-state index contributed by atoms with van der Waals surface area (Å²) in [7, 11) is 2.15. The number of hydrogen-bond donors (Lipinski definition) is 2. The topological polar surface area (TPSA) is 103 Å². The molecule has 0 aliphatic carbocycles. The molecule has 0 atom stereocenters. The van der Waals surface area contributed by atoms with Crippen LogP contribution in [0.1, 0.15) is 31.2 Å². The summed E-state index contributed by atoms with van der Waals surface area (Å²) in [4.78, 5) is 28.8. The predicted octanol–water partition coefficient (Wildman–Crippen LogP) is 5.59. The lowest BCUT2D eigenvalue weighted by atomic mass is 10.0. The summed E-state index contributed by atoms with van der Waals surface area (Å²) < 4.78 is 31.7. The molecular weight excluding hydrogens is 540 g/mol. The van der Waals surface area contributed by atoms with Gasteiger partial charge < -0.3 is 24.7 Å². The van der Waals surface area contributed by atoms with E-state index in [1.165, 1.54) is 11.6 Å². The zero-order valence-electron chi connectivity index (χ0n) is 23.1. The lowest BCUT2D eigenvalue weighted by molar-refractivity contribution is -0.134. The van der Waals surface area contributed by atoms with Crippen LogP contribution in [0.3, 0.4) is 0 Å². The third-order valence-electron chi connectivity index (χ3n) is 6.24. The Morgan fingerprint density at radius 2 is 1.68 bits per heavy atom. The molecule has 11 heteroatoms. The minimum atomic E-state index is -1.26. The maximum Gasteiger partial charge on any atom is 0.328 e. The van der Waals surface area contributed by atoms with Gasteiger partial charge in [0.1, 0.15) is 5.75 Å². The quantitative estimate of drug-likeness (QED) is 0.163. The largest absolute Gasteiger partial charge is 0.493 e. The number of aliphatic carboxylic acids is 2. The molecule has 0 bridgehead atoms. The van der Waals surface area contributed by atoms with Gasteiger partial charge in [-0.2, -0.15) is 0 Å². The summed E-state index contributed by atoms with van der Waals surface area (Å²) in [5.41, 5.74) is 2.24. The zero-order chi connectivity index (χ0) is 29.5. The van der Waals surface area contributed by atoms with Crippen molar-refractivity contribution in [1.29, 1.82) is 0 Å². The predicted molar refractivity (Wildman–Crippen MR) is 155 cm³/mol. The molecule has 1 heterocycles. The number of amidine groups is 1. The molecule has 0 radical (unpaired) electrons. The number of nitrogens with zero attached hydrogens (tertiary/aromatic N) is 3. The Labute approximate surface area is 238 Å². The van der Waals surface area contributed by atoms with E-state index in [4.69, 9.17) is 19.9 Å². The van der Waals surface area contributed by atoms with E-state index < -0.39 is 23.6 Å². The normalized spacial score (nSPS) is 14.5. The van der Waals surface area contributed by atoms with Gasteiger partial charge in [-0.05, 0) is 69.7 Å². The maximum atomic E-state index is 13.2. The molecule has 2 aromatic carbocycles. The van der Waals surface area contributed by atoms with E-state index in [2.05, 4.69) is 54.3 Å². The van der Waals surface area contributed by atoms with Crippen LogP contribution in [0.25, 0.3) is 0 Å². The van der Waals surface area contributed by atoms with Crippen molar-refractivity contribution in [2.45, 2.75) is 38.6 Å². The number of benzene rings is 2. The molecule has 40 heavy (non-hydrogen) atoms. The molecule has 2 N–H and O–H groups in total. The number of ether oxygens (including phenoxy) is 1. The van der Waals surface area contributed by atoms with Crippen molar-refractivity contribution in [3.63, 3.8) is 0 Å². The second kappa shape index (κ2) is 17.3. The first-order valence-corrected chi connectivity index (χ1v) is 14.2. The van der Waals surface area contributed by atoms with Crippen LogP contribution in [0.15, 0.2) is 59.6 Å². The first-order valence-electron chi connectivity index (χ1n) is 13.0. The molecule has 2 aromatic rings. The fraction of sp³-hybridized carbons (Fsp3) is 0.414. The lowest BCUT2D eigenvalue weighted by Gasteiger charge is -2.37. The standard InChI is InChI=1S/C25H33F2N3OS.C4H4O4/c1-19-6-8-20(9-7-19)28-25(32-3)29(2)21-12-15-30(16-13-21)14-4-5-17-31-22-10-11-23(26)24(27)18-22;5-3(6)1-2-4(7)8/h6-11,18,21H,4-5,12-17H2,1-3H3;1-2H,(H,5,6)(H,7,8)/b28-25-;2-1+. The number of thioether (sulfide) groups is 1. The highest BCUT2D eigenvalue weighted by molar-refractivity contribution is 8.13. The number of aliphatic imine (C=N–C) groups is 1. The first kappa shape index (κ1) is 32.8. The van der Waals surface area contributed by atoms with E-state index >= 15 is 0 Å². The highest BCUT2D eigenvalue weighted by atomic mass is 32.2. The van der Waals surface area contributed by atoms with Gasteiger partial charge >= 0.3 is 11.9 Å². The average Bonchev–Trinajstić information content (AvgIpc) is 2.93. The highest BCUT2D eigenvalue weighted by Crippen LogP contribution is 2.22. The van der Waals surface area contributed by atoms with Crippen molar-refractivity contribution in [2.75, 3.05) is 39.5 Å².